The summed E-state index contributed by atoms with van der Waals surface area (Å²) in [6.45, 7) is 4.91. The lowest BCUT2D eigenvalue weighted by atomic mass is 10.1. The molecule has 12 heteroatoms. The van der Waals surface area contributed by atoms with E-state index >= 15 is 0 Å². The Kier molecular flexibility index (Phi) is 11.8. The number of amides is 2. The van der Waals surface area contributed by atoms with Crippen LogP contribution in [0.4, 0.5) is 5.69 Å². The summed E-state index contributed by atoms with van der Waals surface area (Å²) >= 11 is 25.0. The number of nitrogens with one attached hydrogen (secondary N) is 1. The van der Waals surface area contributed by atoms with Crippen LogP contribution in [-0.4, -0.2) is 43.8 Å². The van der Waals surface area contributed by atoms with Gasteiger partial charge in [-0.1, -0.05) is 84.5 Å². The van der Waals surface area contributed by atoms with Gasteiger partial charge in [-0.05, 0) is 67.8 Å². The fraction of sp³-hybridized carbons (Fsp3) is 0.310. The molecule has 0 aromatic heterocycles. The molecule has 41 heavy (non-hydrogen) atoms. The van der Waals surface area contributed by atoms with Crippen LogP contribution in [0, 0.1) is 0 Å². The van der Waals surface area contributed by atoms with Crippen LogP contribution in [0.5, 0.6) is 0 Å². The normalized spacial score (nSPS) is 12.9. The molecule has 0 saturated carbocycles. The summed E-state index contributed by atoms with van der Waals surface area (Å²) in [6, 6.07) is 15.9. The fourth-order valence-corrected chi connectivity index (χ4v) is 6.31. The maximum atomic E-state index is 14.1. The molecule has 0 aliphatic heterocycles. The van der Waals surface area contributed by atoms with E-state index in [9.17, 15) is 18.0 Å². The molecule has 3 aromatic carbocycles. The molecule has 3 rings (SSSR count). The van der Waals surface area contributed by atoms with Gasteiger partial charge < -0.3 is 10.2 Å². The molecule has 3 aromatic rings. The molecule has 0 heterocycles. The topological polar surface area (TPSA) is 86.8 Å². The zero-order chi connectivity index (χ0) is 30.3. The third-order valence-electron chi connectivity index (χ3n) is 6.51. The Morgan fingerprint density at radius 1 is 0.854 bits per heavy atom. The minimum absolute atomic E-state index is 0.0232. The van der Waals surface area contributed by atoms with Crippen molar-refractivity contribution in [3.63, 3.8) is 0 Å². The number of anilines is 1. The Labute approximate surface area is 261 Å². The maximum Gasteiger partial charge on any atom is 0.264 e. The highest BCUT2D eigenvalue weighted by molar-refractivity contribution is 7.92. The quantitative estimate of drug-likeness (QED) is 0.223. The number of hydrogen-bond acceptors (Lipinski definition) is 4. The molecular weight excluding hydrogens is 628 g/mol. The van der Waals surface area contributed by atoms with Crippen LogP contribution in [0.2, 0.25) is 20.1 Å². The summed E-state index contributed by atoms with van der Waals surface area (Å²) < 4.78 is 28.7. The van der Waals surface area contributed by atoms with Crippen molar-refractivity contribution in [2.24, 2.45) is 0 Å². The summed E-state index contributed by atoms with van der Waals surface area (Å²) in [4.78, 5) is 28.8. The van der Waals surface area contributed by atoms with E-state index in [0.29, 0.717) is 17.0 Å². The third kappa shape index (κ3) is 8.30. The van der Waals surface area contributed by atoms with Crippen molar-refractivity contribution < 1.29 is 18.0 Å². The van der Waals surface area contributed by atoms with Crippen molar-refractivity contribution in [3.05, 3.63) is 92.4 Å². The van der Waals surface area contributed by atoms with Gasteiger partial charge in [-0.15, -0.1) is 0 Å². The molecule has 0 saturated heterocycles. The lowest BCUT2D eigenvalue weighted by molar-refractivity contribution is -0.140. The monoisotopic (exact) mass is 657 g/mol. The third-order valence-corrected chi connectivity index (χ3v) is 9.58. The lowest BCUT2D eigenvalue weighted by Crippen LogP contribution is -2.53. The molecule has 0 aliphatic rings. The van der Waals surface area contributed by atoms with Crippen molar-refractivity contribution in [2.45, 2.75) is 57.1 Å². The molecule has 2 amide bonds. The second-order valence-corrected chi connectivity index (χ2v) is 13.0. The van der Waals surface area contributed by atoms with Gasteiger partial charge in [0.1, 0.15) is 12.6 Å². The van der Waals surface area contributed by atoms with Gasteiger partial charge >= 0.3 is 0 Å². The zero-order valence-electron chi connectivity index (χ0n) is 22.8. The first kappa shape index (κ1) is 33.0. The minimum atomic E-state index is -4.28. The highest BCUT2D eigenvalue weighted by Gasteiger charge is 2.34. The van der Waals surface area contributed by atoms with Gasteiger partial charge in [-0.25, -0.2) is 8.42 Å². The Bertz CT molecular complexity index is 1490. The Morgan fingerprint density at radius 2 is 1.51 bits per heavy atom. The minimum Gasteiger partial charge on any atom is -0.352 e. The first-order valence-electron chi connectivity index (χ1n) is 13.0. The van der Waals surface area contributed by atoms with Crippen LogP contribution in [-0.2, 0) is 26.2 Å². The highest BCUT2D eigenvalue weighted by Crippen LogP contribution is 2.33. The van der Waals surface area contributed by atoms with Gasteiger partial charge in [0.15, 0.2) is 0 Å². The second-order valence-electron chi connectivity index (χ2n) is 9.43. The molecule has 0 aliphatic carbocycles. The summed E-state index contributed by atoms with van der Waals surface area (Å²) in [5.41, 5.74) is 0.642. The number of rotatable bonds is 12. The molecule has 1 N–H and O–H groups in total. The van der Waals surface area contributed by atoms with E-state index in [4.69, 9.17) is 46.4 Å². The molecule has 0 unspecified atom stereocenters. The van der Waals surface area contributed by atoms with Crippen LogP contribution < -0.4 is 9.62 Å². The summed E-state index contributed by atoms with van der Waals surface area (Å²) in [5.74, 6) is -0.980. The molecule has 0 spiro atoms. The van der Waals surface area contributed by atoms with E-state index in [2.05, 4.69) is 5.32 Å². The first-order valence-corrected chi connectivity index (χ1v) is 15.9. The van der Waals surface area contributed by atoms with Gasteiger partial charge in [0.2, 0.25) is 11.8 Å². The van der Waals surface area contributed by atoms with Crippen LogP contribution >= 0.6 is 46.4 Å². The Hall–Kier alpha value is -2.49. The Balaban J connectivity index is 2.10. The zero-order valence-corrected chi connectivity index (χ0v) is 26.6. The van der Waals surface area contributed by atoms with Crippen LogP contribution in [0.1, 0.15) is 39.2 Å². The lowest BCUT2D eigenvalue weighted by Gasteiger charge is -2.34. The van der Waals surface area contributed by atoms with Gasteiger partial charge in [-0.3, -0.25) is 13.9 Å². The van der Waals surface area contributed by atoms with E-state index in [0.717, 1.165) is 4.31 Å². The summed E-state index contributed by atoms with van der Waals surface area (Å²) in [5, 5.41) is 3.87. The van der Waals surface area contributed by atoms with E-state index in [1.165, 1.54) is 35.2 Å². The standard InChI is InChI=1S/C29H31Cl4N3O4S/c1-4-19(3)34-29(38)26(5-2)35(17-20-11-13-23(31)25(33)15-20)28(37)18-36(27-16-21(30)12-14-24(27)32)41(39,40)22-9-7-6-8-10-22/h6-16,19,26H,4-5,17-18H2,1-3H3,(H,34,38)/t19-,26-/m1/s1. The molecule has 220 valence electrons. The molecule has 0 radical (unpaired) electrons. The first-order chi connectivity index (χ1) is 19.4. The van der Waals surface area contributed by atoms with Crippen molar-refractivity contribution in [3.8, 4) is 0 Å². The molecule has 0 fully saturated rings. The van der Waals surface area contributed by atoms with Crippen molar-refractivity contribution in [1.29, 1.82) is 0 Å². The average molecular weight is 659 g/mol. The van der Waals surface area contributed by atoms with E-state index in [-0.39, 0.29) is 50.6 Å². The number of nitrogens with zero attached hydrogens (tertiary/aromatic N) is 2. The number of carbonyl (C=O) groups is 2. The predicted octanol–water partition coefficient (Wildman–Crippen LogP) is 7.22. The number of benzene rings is 3. The summed E-state index contributed by atoms with van der Waals surface area (Å²) in [6.07, 6.45) is 0.970. The smallest absolute Gasteiger partial charge is 0.264 e. The van der Waals surface area contributed by atoms with Gasteiger partial charge in [0.25, 0.3) is 10.0 Å². The number of sulfonamides is 1. The molecule has 7 nitrogen and oxygen atoms in total. The van der Waals surface area contributed by atoms with E-state index in [1.54, 1.807) is 43.3 Å². The van der Waals surface area contributed by atoms with Crippen LogP contribution in [0.15, 0.2) is 71.6 Å². The fourth-order valence-electron chi connectivity index (χ4n) is 4.11. The van der Waals surface area contributed by atoms with Gasteiger partial charge in [-0.2, -0.15) is 0 Å². The SMILES string of the molecule is CC[C@@H](C)NC(=O)[C@@H](CC)N(Cc1ccc(Cl)c(Cl)c1)C(=O)CN(c1cc(Cl)ccc1Cl)S(=O)(=O)c1ccccc1. The van der Waals surface area contributed by atoms with E-state index < -0.39 is 28.5 Å². The van der Waals surface area contributed by atoms with Gasteiger partial charge in [0.05, 0.1) is 25.7 Å². The molecular formula is C29H31Cl4N3O4S. The Morgan fingerprint density at radius 3 is 2.12 bits per heavy atom. The number of hydrogen-bond donors (Lipinski definition) is 1. The predicted molar refractivity (Wildman–Crippen MR) is 166 cm³/mol. The molecule has 0 bridgehead atoms. The van der Waals surface area contributed by atoms with Crippen molar-refractivity contribution >= 4 is 73.9 Å². The number of halogens is 4. The summed E-state index contributed by atoms with van der Waals surface area (Å²) in [7, 11) is -4.28. The van der Waals surface area contributed by atoms with Crippen molar-refractivity contribution in [2.75, 3.05) is 10.8 Å². The largest absolute Gasteiger partial charge is 0.352 e. The van der Waals surface area contributed by atoms with E-state index in [1.807, 2.05) is 13.8 Å². The van der Waals surface area contributed by atoms with Crippen LogP contribution in [0.25, 0.3) is 0 Å². The van der Waals surface area contributed by atoms with Crippen molar-refractivity contribution in [1.82, 2.24) is 10.2 Å². The second kappa shape index (κ2) is 14.6. The average Bonchev–Trinajstić information content (AvgIpc) is 2.95. The number of carbonyl (C=O) groups excluding carboxylic acids is 2. The highest BCUT2D eigenvalue weighted by atomic mass is 35.5. The maximum absolute atomic E-state index is 14.1. The molecule has 2 atom stereocenters. The van der Waals surface area contributed by atoms with Gasteiger partial charge in [0, 0.05) is 17.6 Å². The van der Waals surface area contributed by atoms with Crippen LogP contribution in [0.3, 0.4) is 0 Å².